The number of unbranched alkanes of at least 4 members (excludes halogenated alkanes) is 1. The van der Waals surface area contributed by atoms with E-state index in [2.05, 4.69) is 21.8 Å². The Morgan fingerprint density at radius 3 is 2.78 bits per heavy atom. The van der Waals surface area contributed by atoms with E-state index in [0.29, 0.717) is 19.8 Å². The topological polar surface area (TPSA) is 46.1 Å². The van der Waals surface area contributed by atoms with Crippen LogP contribution in [0.25, 0.3) is 0 Å². The van der Waals surface area contributed by atoms with E-state index in [1.165, 1.54) is 0 Å². The average molecular weight is 257 g/mol. The molecule has 0 saturated carbocycles. The summed E-state index contributed by atoms with van der Waals surface area (Å²) in [6, 6.07) is 0. The van der Waals surface area contributed by atoms with Gasteiger partial charge in [0.25, 0.3) is 0 Å². The summed E-state index contributed by atoms with van der Waals surface area (Å²) in [6.07, 6.45) is 4.06. The molecule has 0 atom stereocenters. The summed E-state index contributed by atoms with van der Waals surface area (Å²) >= 11 is 0. The zero-order valence-corrected chi connectivity index (χ0v) is 11.9. The molecule has 0 heterocycles. The van der Waals surface area contributed by atoms with E-state index >= 15 is 0 Å². The van der Waals surface area contributed by atoms with Crippen LogP contribution in [-0.4, -0.2) is 65.0 Å². The van der Waals surface area contributed by atoms with Gasteiger partial charge >= 0.3 is 0 Å². The highest BCUT2D eigenvalue weighted by molar-refractivity contribution is 5.79. The number of nitrogens with zero attached hydrogens (tertiary/aromatic N) is 2. The Morgan fingerprint density at radius 1 is 1.39 bits per heavy atom. The highest BCUT2D eigenvalue weighted by Gasteiger charge is 2.03. The Labute approximate surface area is 111 Å². The van der Waals surface area contributed by atoms with Crippen LogP contribution in [-0.2, 0) is 9.47 Å². The van der Waals surface area contributed by atoms with Gasteiger partial charge < -0.3 is 19.7 Å². The van der Waals surface area contributed by atoms with Gasteiger partial charge in [0, 0.05) is 34.3 Å². The Balaban J connectivity index is 3.66. The molecule has 5 heteroatoms. The number of methoxy groups -OCH3 is 1. The quantitative estimate of drug-likeness (QED) is 0.276. The van der Waals surface area contributed by atoms with E-state index in [-0.39, 0.29) is 0 Å². The summed E-state index contributed by atoms with van der Waals surface area (Å²) in [4.78, 5) is 6.34. The molecule has 0 radical (unpaired) electrons. The third-order valence-corrected chi connectivity index (χ3v) is 2.44. The zero-order valence-electron chi connectivity index (χ0n) is 11.9. The van der Waals surface area contributed by atoms with Crippen molar-refractivity contribution in [2.45, 2.75) is 12.8 Å². The van der Waals surface area contributed by atoms with Crippen LogP contribution in [0.3, 0.4) is 0 Å². The zero-order chi connectivity index (χ0) is 13.6. The number of nitrogens with one attached hydrogen (secondary N) is 1. The van der Waals surface area contributed by atoms with Crippen molar-refractivity contribution in [2.75, 3.05) is 54.1 Å². The average Bonchev–Trinajstić information content (AvgIpc) is 2.38. The predicted octanol–water partition coefficient (Wildman–Crippen LogP) is 1.12. The number of hydrogen-bond acceptors (Lipinski definition) is 3. The van der Waals surface area contributed by atoms with Crippen LogP contribution < -0.4 is 5.32 Å². The molecule has 0 amide bonds. The molecule has 0 aliphatic carbocycles. The van der Waals surface area contributed by atoms with Crippen molar-refractivity contribution in [1.82, 2.24) is 10.2 Å². The van der Waals surface area contributed by atoms with Gasteiger partial charge in [-0.1, -0.05) is 6.08 Å². The molecule has 0 saturated heterocycles. The first-order valence-electron chi connectivity index (χ1n) is 6.35. The summed E-state index contributed by atoms with van der Waals surface area (Å²) in [5.41, 5.74) is 0. The lowest BCUT2D eigenvalue weighted by atomic mass is 10.3. The molecule has 0 unspecified atom stereocenters. The second kappa shape index (κ2) is 12.4. The minimum atomic E-state index is 0.631. The first-order chi connectivity index (χ1) is 8.76. The number of aliphatic imine (C=N–C) groups is 1. The molecule has 0 spiro atoms. The van der Waals surface area contributed by atoms with Crippen LogP contribution in [0, 0.1) is 0 Å². The van der Waals surface area contributed by atoms with Crippen LogP contribution in [0.2, 0.25) is 0 Å². The van der Waals surface area contributed by atoms with Crippen LogP contribution in [0.4, 0.5) is 0 Å². The first-order valence-corrected chi connectivity index (χ1v) is 6.35. The van der Waals surface area contributed by atoms with E-state index in [9.17, 15) is 0 Å². The lowest BCUT2D eigenvalue weighted by Crippen LogP contribution is -2.40. The Bertz CT molecular complexity index is 232. The molecular weight excluding hydrogens is 230 g/mol. The van der Waals surface area contributed by atoms with Gasteiger partial charge in [0.2, 0.25) is 0 Å². The normalized spacial score (nSPS) is 11.4. The molecule has 0 aromatic rings. The van der Waals surface area contributed by atoms with Crippen molar-refractivity contribution in [3.8, 4) is 0 Å². The molecule has 0 aliphatic rings. The highest BCUT2D eigenvalue weighted by Crippen LogP contribution is 1.94. The van der Waals surface area contributed by atoms with E-state index in [4.69, 9.17) is 9.47 Å². The van der Waals surface area contributed by atoms with Crippen LogP contribution in [0.15, 0.2) is 17.6 Å². The molecule has 0 bridgehead atoms. The summed E-state index contributed by atoms with van der Waals surface area (Å²) in [5.74, 6) is 0.898. The number of allylic oxidation sites excluding steroid dienone is 1. The van der Waals surface area contributed by atoms with Gasteiger partial charge in [-0.25, -0.2) is 0 Å². The fourth-order valence-corrected chi connectivity index (χ4v) is 1.44. The Kier molecular flexibility index (Phi) is 11.7. The van der Waals surface area contributed by atoms with Gasteiger partial charge in [0.15, 0.2) is 5.96 Å². The number of ether oxygens (including phenoxy) is 2. The largest absolute Gasteiger partial charge is 0.382 e. The van der Waals surface area contributed by atoms with Gasteiger partial charge in [0.05, 0.1) is 19.8 Å². The maximum atomic E-state index is 5.37. The second-order valence-electron chi connectivity index (χ2n) is 3.93. The molecular formula is C13H27N3O2. The Morgan fingerprint density at radius 2 is 2.17 bits per heavy atom. The van der Waals surface area contributed by atoms with E-state index < -0.39 is 0 Å². The van der Waals surface area contributed by atoms with Gasteiger partial charge in [-0.15, -0.1) is 6.58 Å². The van der Waals surface area contributed by atoms with Crippen molar-refractivity contribution in [3.05, 3.63) is 12.7 Å². The van der Waals surface area contributed by atoms with Crippen molar-refractivity contribution in [1.29, 1.82) is 0 Å². The number of hydrogen-bond donors (Lipinski definition) is 1. The van der Waals surface area contributed by atoms with Gasteiger partial charge in [-0.3, -0.25) is 4.99 Å². The van der Waals surface area contributed by atoms with Crippen molar-refractivity contribution in [3.63, 3.8) is 0 Å². The standard InChI is InChI=1S/C13H27N3O2/c1-5-6-7-9-16(3)13(14-2)15-8-10-18-12-11-17-4/h5H,1,6-12H2,2-4H3,(H,14,15). The molecule has 18 heavy (non-hydrogen) atoms. The summed E-state index contributed by atoms with van der Waals surface area (Å²) in [7, 11) is 5.49. The van der Waals surface area contributed by atoms with Gasteiger partial charge in [0.1, 0.15) is 0 Å². The molecule has 0 fully saturated rings. The highest BCUT2D eigenvalue weighted by atomic mass is 16.5. The molecule has 0 aliphatic heterocycles. The minimum Gasteiger partial charge on any atom is -0.382 e. The lowest BCUT2D eigenvalue weighted by molar-refractivity contribution is 0.0731. The summed E-state index contributed by atoms with van der Waals surface area (Å²) in [6.45, 7) is 7.36. The second-order valence-corrected chi connectivity index (χ2v) is 3.93. The molecule has 5 nitrogen and oxygen atoms in total. The van der Waals surface area contributed by atoms with Crippen molar-refractivity contribution in [2.24, 2.45) is 4.99 Å². The Hall–Kier alpha value is -1.07. The van der Waals surface area contributed by atoms with Gasteiger partial charge in [-0.05, 0) is 12.8 Å². The number of guanidine groups is 1. The number of rotatable bonds is 10. The minimum absolute atomic E-state index is 0.631. The fraction of sp³-hybridized carbons (Fsp3) is 0.769. The lowest BCUT2D eigenvalue weighted by Gasteiger charge is -2.21. The van der Waals surface area contributed by atoms with Crippen molar-refractivity contribution < 1.29 is 9.47 Å². The first kappa shape index (κ1) is 16.9. The van der Waals surface area contributed by atoms with E-state index in [1.807, 2.05) is 13.1 Å². The third-order valence-electron chi connectivity index (χ3n) is 2.44. The molecule has 0 aromatic heterocycles. The monoisotopic (exact) mass is 257 g/mol. The maximum absolute atomic E-state index is 5.37. The molecule has 106 valence electrons. The smallest absolute Gasteiger partial charge is 0.193 e. The van der Waals surface area contributed by atoms with Gasteiger partial charge in [-0.2, -0.15) is 0 Å². The van der Waals surface area contributed by atoms with E-state index in [0.717, 1.165) is 31.9 Å². The van der Waals surface area contributed by atoms with Crippen LogP contribution in [0.1, 0.15) is 12.8 Å². The SMILES string of the molecule is C=CCCCN(C)C(=NC)NCCOCCOC. The summed E-state index contributed by atoms with van der Waals surface area (Å²) < 4.78 is 10.3. The van der Waals surface area contributed by atoms with E-state index in [1.54, 1.807) is 14.2 Å². The molecule has 1 N–H and O–H groups in total. The van der Waals surface area contributed by atoms with Crippen LogP contribution in [0.5, 0.6) is 0 Å². The van der Waals surface area contributed by atoms with Crippen LogP contribution >= 0.6 is 0 Å². The third kappa shape index (κ3) is 9.01. The van der Waals surface area contributed by atoms with Crippen molar-refractivity contribution >= 4 is 5.96 Å². The molecule has 0 rings (SSSR count). The maximum Gasteiger partial charge on any atom is 0.193 e. The summed E-state index contributed by atoms with van der Waals surface area (Å²) in [5, 5.41) is 3.26. The predicted molar refractivity (Wildman–Crippen MR) is 76.1 cm³/mol. The molecule has 0 aromatic carbocycles. The fourth-order valence-electron chi connectivity index (χ4n) is 1.44.